The van der Waals surface area contributed by atoms with Gasteiger partial charge in [-0.05, 0) is 13.3 Å². The molecule has 2 heterocycles. The molecule has 1 saturated carbocycles. The third kappa shape index (κ3) is 1.87. The van der Waals surface area contributed by atoms with Gasteiger partial charge in [0.15, 0.2) is 0 Å². The highest BCUT2D eigenvalue weighted by Gasteiger charge is 2.81. The van der Waals surface area contributed by atoms with Gasteiger partial charge in [-0.15, -0.1) is 0 Å². The van der Waals surface area contributed by atoms with Crippen LogP contribution in [0.1, 0.15) is 24.9 Å². The molecule has 7 heteroatoms. The first-order valence-corrected chi connectivity index (χ1v) is 6.79. The minimum atomic E-state index is -4.12. The fraction of sp³-hybridized carbons (Fsp3) is 0.769. The van der Waals surface area contributed by atoms with Gasteiger partial charge in [0.2, 0.25) is 0 Å². The molecule has 0 radical (unpaired) electrons. The summed E-state index contributed by atoms with van der Waals surface area (Å²) in [5.41, 5.74) is -1.18. The van der Waals surface area contributed by atoms with Crippen molar-refractivity contribution in [2.45, 2.75) is 25.6 Å². The lowest BCUT2D eigenvalue weighted by atomic mass is 9.95. The van der Waals surface area contributed by atoms with Gasteiger partial charge < -0.3 is 10.6 Å². The van der Waals surface area contributed by atoms with Crippen LogP contribution in [0.4, 0.5) is 13.2 Å². The number of nitrogens with zero attached hydrogens (tertiary/aromatic N) is 2. The molecule has 1 unspecified atom stereocenters. The van der Waals surface area contributed by atoms with Crippen LogP contribution in [-0.4, -0.2) is 35.6 Å². The zero-order chi connectivity index (χ0) is 14.6. The first kappa shape index (κ1) is 13.9. The molecule has 4 nitrogen and oxygen atoms in total. The minimum Gasteiger partial charge on any atom is -0.315 e. The maximum atomic E-state index is 13.2. The highest BCUT2D eigenvalue weighted by atomic mass is 19.4. The molecule has 20 heavy (non-hydrogen) atoms. The van der Waals surface area contributed by atoms with Crippen molar-refractivity contribution >= 4 is 0 Å². The number of rotatable bonds is 4. The average Bonchev–Trinajstić information content (AvgIpc) is 2.71. The van der Waals surface area contributed by atoms with E-state index in [1.807, 2.05) is 20.2 Å². The summed E-state index contributed by atoms with van der Waals surface area (Å²) >= 11 is 0. The Morgan fingerprint density at radius 1 is 1.50 bits per heavy atom. The first-order chi connectivity index (χ1) is 9.30. The van der Waals surface area contributed by atoms with Crippen molar-refractivity contribution in [1.29, 1.82) is 0 Å². The Morgan fingerprint density at radius 2 is 2.25 bits per heavy atom. The van der Waals surface area contributed by atoms with Gasteiger partial charge in [-0.1, -0.05) is 0 Å². The molecule has 112 valence electrons. The Labute approximate surface area is 115 Å². The molecule has 1 saturated heterocycles. The van der Waals surface area contributed by atoms with Crippen molar-refractivity contribution in [1.82, 2.24) is 20.4 Å². The van der Waals surface area contributed by atoms with Crippen molar-refractivity contribution in [2.24, 2.45) is 17.9 Å². The third-order valence-electron chi connectivity index (χ3n) is 4.93. The van der Waals surface area contributed by atoms with Crippen molar-refractivity contribution in [3.05, 3.63) is 18.0 Å². The van der Waals surface area contributed by atoms with Crippen molar-refractivity contribution in [3.63, 3.8) is 0 Å². The molecule has 1 aliphatic heterocycles. The second kappa shape index (κ2) is 4.21. The molecule has 0 amide bonds. The molecule has 1 aromatic rings. The summed E-state index contributed by atoms with van der Waals surface area (Å²) in [5.74, 6) is 0. The molecule has 1 aromatic heterocycles. The summed E-state index contributed by atoms with van der Waals surface area (Å²) in [6.07, 6.45) is -0.253. The summed E-state index contributed by atoms with van der Waals surface area (Å²) in [6, 6.07) is 0.00482. The zero-order valence-corrected chi connectivity index (χ0v) is 11.6. The number of piperidine rings is 1. The molecule has 0 aromatic carbocycles. The van der Waals surface area contributed by atoms with Crippen LogP contribution in [0.2, 0.25) is 0 Å². The van der Waals surface area contributed by atoms with Gasteiger partial charge in [-0.2, -0.15) is 18.3 Å². The number of hydrogen-bond donors (Lipinski definition) is 2. The van der Waals surface area contributed by atoms with Crippen LogP contribution in [0.3, 0.4) is 0 Å². The lowest BCUT2D eigenvalue weighted by Gasteiger charge is -2.22. The van der Waals surface area contributed by atoms with Crippen LogP contribution in [0.5, 0.6) is 0 Å². The van der Waals surface area contributed by atoms with Gasteiger partial charge in [-0.25, -0.2) is 0 Å². The van der Waals surface area contributed by atoms with Crippen LogP contribution >= 0.6 is 0 Å². The van der Waals surface area contributed by atoms with Crippen molar-refractivity contribution < 1.29 is 13.2 Å². The molecule has 1 aliphatic carbocycles. The van der Waals surface area contributed by atoms with E-state index in [1.165, 1.54) is 0 Å². The van der Waals surface area contributed by atoms with Gasteiger partial charge in [0.1, 0.15) is 0 Å². The number of fused-ring (bicyclic) bond motifs is 1. The minimum absolute atomic E-state index is 0.00482. The van der Waals surface area contributed by atoms with E-state index in [-0.39, 0.29) is 19.0 Å². The maximum Gasteiger partial charge on any atom is 0.396 e. The van der Waals surface area contributed by atoms with Gasteiger partial charge >= 0.3 is 6.18 Å². The third-order valence-corrected chi connectivity index (χ3v) is 4.93. The lowest BCUT2D eigenvalue weighted by Crippen LogP contribution is -2.36. The summed E-state index contributed by atoms with van der Waals surface area (Å²) in [6.45, 7) is 2.84. The Kier molecular flexibility index (Phi) is 2.92. The number of nitrogens with one attached hydrogen (secondary N) is 2. The number of alkyl halides is 3. The van der Waals surface area contributed by atoms with E-state index in [9.17, 15) is 13.2 Å². The number of halogens is 3. The fourth-order valence-electron chi connectivity index (χ4n) is 3.46. The van der Waals surface area contributed by atoms with Crippen LogP contribution in [0, 0.1) is 10.8 Å². The van der Waals surface area contributed by atoms with Crippen molar-refractivity contribution in [3.8, 4) is 0 Å². The predicted molar refractivity (Wildman–Crippen MR) is 68.0 cm³/mol. The standard InChI is InChI=1S/C13H19F3N4/c1-9(10-3-19-20(2)4-10)18-7-11-5-12(11,8-17-6-11)13(14,15)16/h3-4,9,17-18H,5-8H2,1-2H3/t9?,11-,12-/m1/s1. The number of hydrogen-bond acceptors (Lipinski definition) is 3. The van der Waals surface area contributed by atoms with E-state index in [2.05, 4.69) is 15.7 Å². The Hall–Kier alpha value is -1.08. The molecular formula is C13H19F3N4. The van der Waals surface area contributed by atoms with E-state index < -0.39 is 17.0 Å². The topological polar surface area (TPSA) is 41.9 Å². The maximum absolute atomic E-state index is 13.2. The molecule has 2 fully saturated rings. The van der Waals surface area contributed by atoms with Crippen LogP contribution in [0.25, 0.3) is 0 Å². The molecule has 2 aliphatic rings. The Morgan fingerprint density at radius 3 is 2.80 bits per heavy atom. The Balaban J connectivity index is 1.65. The summed E-state index contributed by atoms with van der Waals surface area (Å²) in [7, 11) is 1.82. The second-order valence-corrected chi connectivity index (χ2v) is 6.19. The summed E-state index contributed by atoms with van der Waals surface area (Å²) in [5, 5.41) is 10.2. The van der Waals surface area contributed by atoms with E-state index in [0.717, 1.165) is 5.56 Å². The largest absolute Gasteiger partial charge is 0.396 e. The van der Waals surface area contributed by atoms with Crippen LogP contribution in [0.15, 0.2) is 12.4 Å². The highest BCUT2D eigenvalue weighted by Crippen LogP contribution is 2.72. The quantitative estimate of drug-likeness (QED) is 0.884. The van der Waals surface area contributed by atoms with Gasteiger partial charge in [0.05, 0.1) is 11.6 Å². The molecule has 3 rings (SSSR count). The SMILES string of the molecule is CC(NC[C@@]12CNC[C@]1(C(F)(F)F)C2)c1cnn(C)c1. The van der Waals surface area contributed by atoms with Crippen LogP contribution < -0.4 is 10.6 Å². The summed E-state index contributed by atoms with van der Waals surface area (Å²) < 4.78 is 41.3. The number of aromatic nitrogens is 2. The first-order valence-electron chi connectivity index (χ1n) is 6.79. The molecule has 0 bridgehead atoms. The molecule has 0 spiro atoms. The van der Waals surface area contributed by atoms with Gasteiger partial charge in [0, 0.05) is 49.9 Å². The monoisotopic (exact) mass is 288 g/mol. The molecular weight excluding hydrogens is 269 g/mol. The zero-order valence-electron chi connectivity index (χ0n) is 11.6. The van der Waals surface area contributed by atoms with E-state index in [0.29, 0.717) is 13.1 Å². The lowest BCUT2D eigenvalue weighted by molar-refractivity contribution is -0.190. The normalized spacial score (nSPS) is 34.0. The highest BCUT2D eigenvalue weighted by molar-refractivity contribution is 5.25. The molecule has 3 atom stereocenters. The summed E-state index contributed by atoms with van der Waals surface area (Å²) in [4.78, 5) is 0. The van der Waals surface area contributed by atoms with Crippen molar-refractivity contribution in [2.75, 3.05) is 19.6 Å². The predicted octanol–water partition coefficient (Wildman–Crippen LogP) is 1.61. The average molecular weight is 288 g/mol. The number of aryl methyl sites for hydroxylation is 1. The van der Waals surface area contributed by atoms with E-state index in [1.54, 1.807) is 10.9 Å². The van der Waals surface area contributed by atoms with Crippen LogP contribution in [-0.2, 0) is 7.05 Å². The fourth-order valence-corrected chi connectivity index (χ4v) is 3.46. The van der Waals surface area contributed by atoms with E-state index in [4.69, 9.17) is 0 Å². The van der Waals surface area contributed by atoms with Gasteiger partial charge in [0.25, 0.3) is 0 Å². The Bertz CT molecular complexity index is 512. The smallest absolute Gasteiger partial charge is 0.315 e. The second-order valence-electron chi connectivity index (χ2n) is 6.19. The van der Waals surface area contributed by atoms with Gasteiger partial charge in [-0.3, -0.25) is 4.68 Å². The molecule has 2 N–H and O–H groups in total. The van der Waals surface area contributed by atoms with E-state index >= 15 is 0 Å².